The standard InChI is InChI=1S/C5H7S2.HI/c1-4-3-5(2)7-6-4;/h3H,1-2H3;1H/q+1;/p-1. The van der Waals surface area contributed by atoms with Crippen LogP contribution in [0.2, 0.25) is 0 Å². The van der Waals surface area contributed by atoms with Crippen molar-refractivity contribution in [3.63, 3.8) is 0 Å². The molecule has 0 aliphatic heterocycles. The first-order valence-corrected chi connectivity index (χ1v) is 4.30. The van der Waals surface area contributed by atoms with Crippen LogP contribution in [-0.2, 0) is 0 Å². The molecular weight excluding hydrogens is 251 g/mol. The van der Waals surface area contributed by atoms with Gasteiger partial charge in [0.2, 0.25) is 4.88 Å². The van der Waals surface area contributed by atoms with Crippen LogP contribution in [0, 0.1) is 13.8 Å². The van der Waals surface area contributed by atoms with E-state index in [0.717, 1.165) is 0 Å². The Kier molecular flexibility index (Phi) is 4.10. The minimum Gasteiger partial charge on any atom is -1.00 e. The van der Waals surface area contributed by atoms with Gasteiger partial charge in [0.05, 0.1) is 4.88 Å². The lowest BCUT2D eigenvalue weighted by molar-refractivity contribution is -0.00000142. The third-order valence-corrected chi connectivity index (χ3v) is 3.38. The van der Waals surface area contributed by atoms with E-state index in [9.17, 15) is 0 Å². The largest absolute Gasteiger partial charge is 1.00 e. The molecule has 1 aromatic rings. The summed E-state index contributed by atoms with van der Waals surface area (Å²) >= 11 is 0. The highest BCUT2D eigenvalue weighted by Gasteiger charge is 2.01. The summed E-state index contributed by atoms with van der Waals surface area (Å²) in [6, 6.07) is 2.20. The van der Waals surface area contributed by atoms with Crippen LogP contribution in [0.4, 0.5) is 0 Å². The van der Waals surface area contributed by atoms with E-state index in [1.165, 1.54) is 9.75 Å². The summed E-state index contributed by atoms with van der Waals surface area (Å²) in [6.07, 6.45) is 0. The fourth-order valence-electron chi connectivity index (χ4n) is 0.466. The number of rotatable bonds is 0. The molecule has 0 saturated carbocycles. The van der Waals surface area contributed by atoms with E-state index in [2.05, 4.69) is 19.9 Å². The van der Waals surface area contributed by atoms with Gasteiger partial charge < -0.3 is 24.0 Å². The number of hydrogen-bond donors (Lipinski definition) is 0. The van der Waals surface area contributed by atoms with E-state index in [4.69, 9.17) is 0 Å². The lowest BCUT2D eigenvalue weighted by atomic mass is 10.5. The van der Waals surface area contributed by atoms with Crippen molar-refractivity contribution in [3.8, 4) is 0 Å². The van der Waals surface area contributed by atoms with Gasteiger partial charge in [-0.15, -0.1) is 0 Å². The maximum Gasteiger partial charge on any atom is 0.294 e. The molecule has 0 bridgehead atoms. The average Bonchev–Trinajstić information content (AvgIpc) is 1.87. The third kappa shape index (κ3) is 2.37. The number of halogens is 1. The summed E-state index contributed by atoms with van der Waals surface area (Å²) < 4.78 is 0. The second-order valence-corrected chi connectivity index (χ2v) is 4.15. The molecule has 0 aliphatic rings. The van der Waals surface area contributed by atoms with Gasteiger partial charge in [-0.1, -0.05) is 0 Å². The lowest BCUT2D eigenvalue weighted by Gasteiger charge is -1.59. The molecule has 0 unspecified atom stereocenters. The second kappa shape index (κ2) is 3.74. The predicted molar refractivity (Wildman–Crippen MR) is 36.1 cm³/mol. The molecule has 0 amide bonds. The first kappa shape index (κ1) is 8.78. The molecule has 0 spiro atoms. The van der Waals surface area contributed by atoms with Gasteiger partial charge in [0.15, 0.2) is 10.3 Å². The van der Waals surface area contributed by atoms with E-state index in [1.54, 1.807) is 0 Å². The van der Waals surface area contributed by atoms with Gasteiger partial charge in [-0.2, -0.15) is 0 Å². The maximum atomic E-state index is 2.20. The Morgan fingerprint density at radius 1 is 1.50 bits per heavy atom. The highest BCUT2D eigenvalue weighted by Crippen LogP contribution is 2.18. The third-order valence-electron chi connectivity index (χ3n) is 0.711. The van der Waals surface area contributed by atoms with Crippen molar-refractivity contribution in [2.24, 2.45) is 0 Å². The van der Waals surface area contributed by atoms with E-state index in [0.29, 0.717) is 0 Å². The van der Waals surface area contributed by atoms with Gasteiger partial charge in [-0.3, -0.25) is 0 Å². The fraction of sp³-hybridized carbons (Fsp3) is 0.400. The molecule has 0 saturated heterocycles. The lowest BCUT2D eigenvalue weighted by Crippen LogP contribution is -3.00. The molecule has 1 aromatic heterocycles. The summed E-state index contributed by atoms with van der Waals surface area (Å²) in [5.41, 5.74) is 0. The first-order valence-electron chi connectivity index (χ1n) is 2.15. The van der Waals surface area contributed by atoms with Crippen LogP contribution in [0.5, 0.6) is 0 Å². The van der Waals surface area contributed by atoms with Crippen LogP contribution in [0.25, 0.3) is 0 Å². The molecule has 1 rings (SSSR count). The summed E-state index contributed by atoms with van der Waals surface area (Å²) in [4.78, 5) is 2.84. The topological polar surface area (TPSA) is 0 Å². The van der Waals surface area contributed by atoms with Crippen LogP contribution < -0.4 is 24.0 Å². The molecule has 0 N–H and O–H groups in total. The molecule has 0 radical (unpaired) electrons. The normalized spacial score (nSPS) is 8.25. The highest BCUT2D eigenvalue weighted by atomic mass is 127. The van der Waals surface area contributed by atoms with Crippen molar-refractivity contribution < 1.29 is 24.0 Å². The zero-order chi connectivity index (χ0) is 5.28. The van der Waals surface area contributed by atoms with Crippen molar-refractivity contribution in [1.82, 2.24) is 0 Å². The van der Waals surface area contributed by atoms with Crippen molar-refractivity contribution in [3.05, 3.63) is 15.8 Å². The molecule has 1 heterocycles. The van der Waals surface area contributed by atoms with Crippen LogP contribution in [0.1, 0.15) is 9.75 Å². The van der Waals surface area contributed by atoms with Crippen molar-refractivity contribution in [2.75, 3.05) is 0 Å². The Balaban J connectivity index is 0.000000490. The summed E-state index contributed by atoms with van der Waals surface area (Å²) in [7, 11) is 3.69. The Hall–Kier alpha value is 0.780. The van der Waals surface area contributed by atoms with E-state index < -0.39 is 0 Å². The average molecular weight is 258 g/mol. The SMILES string of the molecule is Cc1cc(C)[s+]s1.[I-]. The Morgan fingerprint density at radius 3 is 2.25 bits per heavy atom. The summed E-state index contributed by atoms with van der Waals surface area (Å²) in [5.74, 6) is 0. The predicted octanol–water partition coefficient (Wildman–Crippen LogP) is -0.288. The summed E-state index contributed by atoms with van der Waals surface area (Å²) in [6.45, 7) is 4.27. The molecule has 0 nitrogen and oxygen atoms in total. The zero-order valence-electron chi connectivity index (χ0n) is 4.77. The number of aryl methyl sites for hydroxylation is 2. The minimum atomic E-state index is 0. The Labute approximate surface area is 74.0 Å². The quantitative estimate of drug-likeness (QED) is 0.341. The minimum absolute atomic E-state index is 0. The first-order chi connectivity index (χ1) is 3.29. The van der Waals surface area contributed by atoms with Gasteiger partial charge in [-0.25, -0.2) is 0 Å². The Bertz CT molecular complexity index is 143. The van der Waals surface area contributed by atoms with E-state index in [1.807, 2.05) is 20.7 Å². The van der Waals surface area contributed by atoms with Gasteiger partial charge in [0, 0.05) is 13.0 Å². The molecule has 8 heavy (non-hydrogen) atoms. The van der Waals surface area contributed by atoms with E-state index in [-0.39, 0.29) is 24.0 Å². The number of hydrogen-bond acceptors (Lipinski definition) is 1. The summed E-state index contributed by atoms with van der Waals surface area (Å²) in [5, 5.41) is 0. The van der Waals surface area contributed by atoms with Gasteiger partial charge in [0.1, 0.15) is 0 Å². The second-order valence-electron chi connectivity index (χ2n) is 1.53. The zero-order valence-corrected chi connectivity index (χ0v) is 8.56. The van der Waals surface area contributed by atoms with Crippen molar-refractivity contribution in [2.45, 2.75) is 13.8 Å². The molecule has 0 fully saturated rings. The van der Waals surface area contributed by atoms with Gasteiger partial charge in [0.25, 0.3) is 10.3 Å². The van der Waals surface area contributed by atoms with Crippen molar-refractivity contribution in [1.29, 1.82) is 0 Å². The molecule has 0 aromatic carbocycles. The van der Waals surface area contributed by atoms with Crippen molar-refractivity contribution >= 4 is 20.7 Å². The van der Waals surface area contributed by atoms with Crippen LogP contribution in [-0.4, -0.2) is 0 Å². The Morgan fingerprint density at radius 2 is 2.12 bits per heavy atom. The highest BCUT2D eigenvalue weighted by molar-refractivity contribution is 7.69. The van der Waals surface area contributed by atoms with Crippen LogP contribution >= 0.6 is 20.7 Å². The molecule has 0 atom stereocenters. The molecule has 0 aliphatic carbocycles. The molecule has 46 valence electrons. The molecular formula is C5H7IS2. The fourth-order valence-corrected chi connectivity index (χ4v) is 2.33. The van der Waals surface area contributed by atoms with Crippen LogP contribution in [0.3, 0.4) is 0 Å². The maximum absolute atomic E-state index is 2.20. The molecule has 3 heteroatoms. The van der Waals surface area contributed by atoms with Gasteiger partial charge >= 0.3 is 0 Å². The smallest absolute Gasteiger partial charge is 0.294 e. The van der Waals surface area contributed by atoms with Gasteiger partial charge in [-0.05, 0) is 6.92 Å². The van der Waals surface area contributed by atoms with E-state index >= 15 is 0 Å². The van der Waals surface area contributed by atoms with Crippen LogP contribution in [0.15, 0.2) is 6.07 Å². The monoisotopic (exact) mass is 258 g/mol.